The summed E-state index contributed by atoms with van der Waals surface area (Å²) in [5.74, 6) is -3.90. The Morgan fingerprint density at radius 1 is 1.12 bits per heavy atom. The number of nitrogens with zero attached hydrogens (tertiary/aromatic N) is 1. The average molecular weight is 336 g/mol. The molecule has 0 saturated carbocycles. The van der Waals surface area contributed by atoms with Crippen molar-refractivity contribution in [2.24, 2.45) is 0 Å². The molecular formula is C15H10F2N2O5. The number of rotatable bonds is 5. The fourth-order valence-corrected chi connectivity index (χ4v) is 1.75. The number of halogens is 2. The quantitative estimate of drug-likeness (QED) is 0.514. The minimum atomic E-state index is -0.983. The van der Waals surface area contributed by atoms with Gasteiger partial charge in [0.05, 0.1) is 10.5 Å². The zero-order valence-electron chi connectivity index (χ0n) is 12.0. The molecule has 0 spiro atoms. The molecule has 0 bridgehead atoms. The summed E-state index contributed by atoms with van der Waals surface area (Å²) in [6.45, 7) is -0.810. The number of nitrogens with one attached hydrogen (secondary N) is 1. The lowest BCUT2D eigenvalue weighted by Gasteiger charge is -2.08. The average Bonchev–Trinajstić information content (AvgIpc) is 2.56. The topological polar surface area (TPSA) is 98.5 Å². The molecule has 0 aliphatic rings. The van der Waals surface area contributed by atoms with Gasteiger partial charge in [0.25, 0.3) is 11.6 Å². The molecule has 0 saturated heterocycles. The summed E-state index contributed by atoms with van der Waals surface area (Å²) < 4.78 is 31.4. The lowest BCUT2D eigenvalue weighted by atomic mass is 10.2. The van der Waals surface area contributed by atoms with Gasteiger partial charge in [0.15, 0.2) is 6.61 Å². The van der Waals surface area contributed by atoms with E-state index in [1.54, 1.807) is 0 Å². The summed E-state index contributed by atoms with van der Waals surface area (Å²) in [4.78, 5) is 33.3. The van der Waals surface area contributed by atoms with Crippen LogP contribution in [0.15, 0.2) is 42.5 Å². The first-order valence-electron chi connectivity index (χ1n) is 6.54. The maximum Gasteiger partial charge on any atom is 0.338 e. The van der Waals surface area contributed by atoms with Gasteiger partial charge in [0, 0.05) is 12.1 Å². The van der Waals surface area contributed by atoms with Crippen molar-refractivity contribution in [2.75, 3.05) is 11.9 Å². The zero-order valence-corrected chi connectivity index (χ0v) is 12.0. The van der Waals surface area contributed by atoms with E-state index < -0.39 is 40.7 Å². The highest BCUT2D eigenvalue weighted by molar-refractivity contribution is 5.95. The molecule has 0 unspecified atom stereocenters. The van der Waals surface area contributed by atoms with Crippen molar-refractivity contribution in [3.8, 4) is 0 Å². The van der Waals surface area contributed by atoms with E-state index in [-0.39, 0.29) is 11.3 Å². The number of amides is 1. The minimum Gasteiger partial charge on any atom is -0.452 e. The van der Waals surface area contributed by atoms with Crippen LogP contribution in [0.4, 0.5) is 20.2 Å². The van der Waals surface area contributed by atoms with Gasteiger partial charge in [0.1, 0.15) is 17.3 Å². The molecule has 9 heteroatoms. The summed E-state index contributed by atoms with van der Waals surface area (Å²) in [6, 6.07) is 7.75. The predicted molar refractivity (Wildman–Crippen MR) is 78.4 cm³/mol. The van der Waals surface area contributed by atoms with Crippen LogP contribution in [0.2, 0.25) is 0 Å². The second-order valence-electron chi connectivity index (χ2n) is 4.53. The summed E-state index contributed by atoms with van der Waals surface area (Å²) >= 11 is 0. The van der Waals surface area contributed by atoms with Crippen molar-refractivity contribution < 1.29 is 28.0 Å². The van der Waals surface area contributed by atoms with E-state index in [9.17, 15) is 28.5 Å². The standard InChI is InChI=1S/C15H10F2N2O5/c16-11-5-2-6-12(17)14(11)18-13(20)8-24-15(21)9-3-1-4-10(7-9)19(22)23/h1-7H,8H2,(H,18,20). The molecule has 0 fully saturated rings. The number of nitro groups is 1. The Labute approximate surface area is 134 Å². The Bertz CT molecular complexity index is 790. The fourth-order valence-electron chi connectivity index (χ4n) is 1.75. The fraction of sp³-hybridized carbons (Fsp3) is 0.0667. The molecule has 2 rings (SSSR count). The Morgan fingerprint density at radius 3 is 2.38 bits per heavy atom. The Morgan fingerprint density at radius 2 is 1.75 bits per heavy atom. The van der Waals surface area contributed by atoms with Crippen LogP contribution in [0.5, 0.6) is 0 Å². The monoisotopic (exact) mass is 336 g/mol. The van der Waals surface area contributed by atoms with Gasteiger partial charge in [-0.05, 0) is 18.2 Å². The smallest absolute Gasteiger partial charge is 0.338 e. The van der Waals surface area contributed by atoms with Crippen LogP contribution in [0.1, 0.15) is 10.4 Å². The highest BCUT2D eigenvalue weighted by atomic mass is 19.1. The minimum absolute atomic E-state index is 0.130. The van der Waals surface area contributed by atoms with E-state index in [4.69, 9.17) is 0 Å². The van der Waals surface area contributed by atoms with Crippen LogP contribution in [0.3, 0.4) is 0 Å². The first kappa shape index (κ1) is 17.0. The van der Waals surface area contributed by atoms with Crippen LogP contribution in [0.25, 0.3) is 0 Å². The molecule has 0 aliphatic carbocycles. The summed E-state index contributed by atoms with van der Waals surface area (Å²) in [5.41, 5.74) is -1.11. The van der Waals surface area contributed by atoms with Crippen molar-refractivity contribution >= 4 is 23.3 Å². The van der Waals surface area contributed by atoms with Crippen LogP contribution < -0.4 is 5.32 Å². The maximum absolute atomic E-state index is 13.4. The van der Waals surface area contributed by atoms with Crippen LogP contribution >= 0.6 is 0 Å². The molecule has 0 atom stereocenters. The van der Waals surface area contributed by atoms with E-state index in [1.807, 2.05) is 5.32 Å². The van der Waals surface area contributed by atoms with Gasteiger partial charge in [-0.25, -0.2) is 13.6 Å². The van der Waals surface area contributed by atoms with E-state index in [1.165, 1.54) is 18.2 Å². The normalized spacial score (nSPS) is 10.1. The van der Waals surface area contributed by atoms with Gasteiger partial charge < -0.3 is 10.1 Å². The molecule has 1 N–H and O–H groups in total. The lowest BCUT2D eigenvalue weighted by Crippen LogP contribution is -2.22. The Hall–Kier alpha value is -3.36. The SMILES string of the molecule is O=C(COC(=O)c1cccc([N+](=O)[O-])c1)Nc1c(F)cccc1F. The highest BCUT2D eigenvalue weighted by Crippen LogP contribution is 2.18. The molecule has 0 heterocycles. The summed E-state index contributed by atoms with van der Waals surface area (Å²) in [5, 5.41) is 12.6. The number of carbonyl (C=O) groups is 2. The van der Waals surface area contributed by atoms with Gasteiger partial charge in [-0.1, -0.05) is 12.1 Å². The Kier molecular flexibility index (Phi) is 5.15. The molecule has 2 aromatic rings. The third-order valence-corrected chi connectivity index (χ3v) is 2.85. The second kappa shape index (κ2) is 7.27. The van der Waals surface area contributed by atoms with Crippen molar-refractivity contribution in [3.05, 3.63) is 69.8 Å². The number of para-hydroxylation sites is 1. The predicted octanol–water partition coefficient (Wildman–Crippen LogP) is 2.67. The first-order valence-corrected chi connectivity index (χ1v) is 6.54. The van der Waals surface area contributed by atoms with Gasteiger partial charge in [0.2, 0.25) is 0 Å². The number of carbonyl (C=O) groups excluding carboxylic acids is 2. The van der Waals surface area contributed by atoms with Crippen molar-refractivity contribution in [3.63, 3.8) is 0 Å². The molecule has 124 valence electrons. The lowest BCUT2D eigenvalue weighted by molar-refractivity contribution is -0.384. The first-order chi connectivity index (χ1) is 11.4. The summed E-state index contributed by atoms with van der Waals surface area (Å²) in [6.07, 6.45) is 0. The van der Waals surface area contributed by atoms with Gasteiger partial charge >= 0.3 is 5.97 Å². The number of nitro benzene ring substituents is 1. The maximum atomic E-state index is 13.4. The van der Waals surface area contributed by atoms with Crippen LogP contribution in [-0.4, -0.2) is 23.4 Å². The number of ether oxygens (including phenoxy) is 1. The molecular weight excluding hydrogens is 326 g/mol. The molecule has 24 heavy (non-hydrogen) atoms. The number of hydrogen-bond donors (Lipinski definition) is 1. The Balaban J connectivity index is 1.98. The second-order valence-corrected chi connectivity index (χ2v) is 4.53. The van der Waals surface area contributed by atoms with Crippen LogP contribution in [0, 0.1) is 21.7 Å². The van der Waals surface area contributed by atoms with Crippen LogP contribution in [-0.2, 0) is 9.53 Å². The van der Waals surface area contributed by atoms with Gasteiger partial charge in [-0.2, -0.15) is 0 Å². The molecule has 0 radical (unpaired) electrons. The van der Waals surface area contributed by atoms with E-state index in [2.05, 4.69) is 4.74 Å². The third kappa shape index (κ3) is 4.09. The number of esters is 1. The van der Waals surface area contributed by atoms with E-state index >= 15 is 0 Å². The van der Waals surface area contributed by atoms with Crippen molar-refractivity contribution in [2.45, 2.75) is 0 Å². The molecule has 7 nitrogen and oxygen atoms in total. The van der Waals surface area contributed by atoms with Crippen molar-refractivity contribution in [1.29, 1.82) is 0 Å². The number of anilines is 1. The number of benzene rings is 2. The van der Waals surface area contributed by atoms with E-state index in [0.717, 1.165) is 24.3 Å². The highest BCUT2D eigenvalue weighted by Gasteiger charge is 2.16. The zero-order chi connectivity index (χ0) is 17.7. The number of non-ortho nitro benzene ring substituents is 1. The van der Waals surface area contributed by atoms with Gasteiger partial charge in [-0.15, -0.1) is 0 Å². The van der Waals surface area contributed by atoms with Gasteiger partial charge in [-0.3, -0.25) is 14.9 Å². The summed E-state index contributed by atoms with van der Waals surface area (Å²) in [7, 11) is 0. The molecule has 1 amide bonds. The molecule has 2 aromatic carbocycles. The van der Waals surface area contributed by atoms with E-state index in [0.29, 0.717) is 0 Å². The number of hydrogen-bond acceptors (Lipinski definition) is 5. The largest absolute Gasteiger partial charge is 0.452 e. The third-order valence-electron chi connectivity index (χ3n) is 2.85. The molecule has 0 aliphatic heterocycles. The molecule has 0 aromatic heterocycles. The van der Waals surface area contributed by atoms with Crippen molar-refractivity contribution in [1.82, 2.24) is 0 Å².